The number of aromatic nitrogens is 1. The summed E-state index contributed by atoms with van der Waals surface area (Å²) < 4.78 is 54.6. The minimum atomic E-state index is -4.87. The smallest absolute Gasteiger partial charge is 0.497 e. The number of benzene rings is 2. The largest absolute Gasteiger partial charge is 0.573 e. The third kappa shape index (κ3) is 7.46. The number of amides is 2. The average molecular weight is 574 g/mol. The second-order valence-electron chi connectivity index (χ2n) is 9.65. The quantitative estimate of drug-likeness (QED) is 0.341. The van der Waals surface area contributed by atoms with Gasteiger partial charge in [-0.3, -0.25) is 14.4 Å². The fourth-order valence-electron chi connectivity index (χ4n) is 4.78. The van der Waals surface area contributed by atoms with E-state index in [1.807, 2.05) is 0 Å². The van der Waals surface area contributed by atoms with E-state index in [1.54, 1.807) is 37.3 Å². The molecule has 218 valence electrons. The van der Waals surface area contributed by atoms with Crippen molar-refractivity contribution >= 4 is 17.6 Å². The maximum Gasteiger partial charge on any atom is 0.573 e. The summed E-state index contributed by atoms with van der Waals surface area (Å²) >= 11 is 0. The highest BCUT2D eigenvalue weighted by atomic mass is 19.4. The number of Topliss-reactive ketones (excluding diaryl/α,β-unsaturated/α-hetero) is 1. The number of hydrogen-bond acceptors (Lipinski definition) is 6. The Morgan fingerprint density at radius 1 is 1.10 bits per heavy atom. The van der Waals surface area contributed by atoms with Crippen LogP contribution in [0.2, 0.25) is 0 Å². The second-order valence-corrected chi connectivity index (χ2v) is 9.65. The predicted molar refractivity (Wildman–Crippen MR) is 142 cm³/mol. The van der Waals surface area contributed by atoms with Gasteiger partial charge in [-0.2, -0.15) is 0 Å². The van der Waals surface area contributed by atoms with Crippen LogP contribution in [0.25, 0.3) is 0 Å². The van der Waals surface area contributed by atoms with Crippen LogP contribution in [0.5, 0.6) is 11.5 Å². The number of methoxy groups -OCH3 is 1. The van der Waals surface area contributed by atoms with E-state index >= 15 is 0 Å². The van der Waals surface area contributed by atoms with Crippen LogP contribution in [0.1, 0.15) is 55.3 Å². The molecule has 1 aromatic heterocycles. The molecule has 0 radical (unpaired) electrons. The number of primary amides is 1. The number of alkyl halides is 3. The molecular weight excluding hydrogens is 543 g/mol. The van der Waals surface area contributed by atoms with Gasteiger partial charge in [-0.1, -0.05) is 12.1 Å². The van der Waals surface area contributed by atoms with E-state index < -0.39 is 29.7 Å². The highest BCUT2D eigenvalue weighted by Gasteiger charge is 2.31. The Hall–Kier alpha value is -4.32. The predicted octanol–water partition coefficient (Wildman–Crippen LogP) is 4.36. The first-order valence-electron chi connectivity index (χ1n) is 12.9. The molecule has 1 aliphatic rings. The summed E-state index contributed by atoms with van der Waals surface area (Å²) in [7, 11) is 1.51. The number of nitrogens with two attached hydrogens (primary N) is 1. The molecule has 2 N–H and O–H groups in total. The minimum Gasteiger partial charge on any atom is -0.497 e. The first-order valence-corrected chi connectivity index (χ1v) is 12.9. The zero-order valence-electron chi connectivity index (χ0n) is 22.6. The van der Waals surface area contributed by atoms with Crippen molar-refractivity contribution in [1.82, 2.24) is 9.47 Å². The van der Waals surface area contributed by atoms with Gasteiger partial charge in [0.25, 0.3) is 11.8 Å². The van der Waals surface area contributed by atoms with Crippen molar-refractivity contribution in [2.45, 2.75) is 38.8 Å². The van der Waals surface area contributed by atoms with E-state index in [2.05, 4.69) is 4.74 Å². The van der Waals surface area contributed by atoms with Crippen LogP contribution >= 0.6 is 0 Å². The Morgan fingerprint density at radius 3 is 2.44 bits per heavy atom. The molecule has 0 saturated carbocycles. The number of halogens is 3. The third-order valence-electron chi connectivity index (χ3n) is 6.80. The lowest BCUT2D eigenvalue weighted by Crippen LogP contribution is -2.41. The lowest BCUT2D eigenvalue weighted by Gasteiger charge is -2.25. The zero-order valence-corrected chi connectivity index (χ0v) is 22.6. The number of ketones is 1. The molecular formula is C29H30F3N3O6. The molecule has 12 heteroatoms. The van der Waals surface area contributed by atoms with Gasteiger partial charge in [-0.05, 0) is 67.8 Å². The number of carbonyl (C=O) groups is 3. The van der Waals surface area contributed by atoms with Crippen LogP contribution in [0.15, 0.2) is 54.6 Å². The molecule has 2 amide bonds. The standard InChI is InChI=1S/C29H30F3N3O6/c1-18-24(27(33)37)14-25(35(18)15-19-5-3-6-22(13-19)41-29(30,31)32)26(36)17-34(16-23-7-4-12-40-23)28(38)20-8-10-21(39-2)11-9-20/h3,5-6,8-11,13-14,23H,4,7,12,15-17H2,1-2H3,(H2,33,37). The molecule has 0 spiro atoms. The Bertz CT molecular complexity index is 1410. The van der Waals surface area contributed by atoms with Gasteiger partial charge < -0.3 is 29.4 Å². The summed E-state index contributed by atoms with van der Waals surface area (Å²) in [5, 5.41) is 0. The number of hydrogen-bond donors (Lipinski definition) is 1. The summed E-state index contributed by atoms with van der Waals surface area (Å²) in [5.41, 5.74) is 6.81. The van der Waals surface area contributed by atoms with Crippen molar-refractivity contribution in [3.8, 4) is 11.5 Å². The number of carbonyl (C=O) groups excluding carboxylic acids is 3. The van der Waals surface area contributed by atoms with E-state index in [0.717, 1.165) is 18.9 Å². The van der Waals surface area contributed by atoms with Crippen LogP contribution < -0.4 is 15.2 Å². The summed E-state index contributed by atoms with van der Waals surface area (Å²) in [6, 6.07) is 13.1. The minimum absolute atomic E-state index is 0.0482. The number of ether oxygens (including phenoxy) is 3. The SMILES string of the molecule is COc1ccc(C(=O)N(CC(=O)c2cc(C(N)=O)c(C)n2Cc2cccc(OC(F)(F)F)c2)CC2CCCO2)cc1. The van der Waals surface area contributed by atoms with Crippen LogP contribution in [0, 0.1) is 6.92 Å². The topological polar surface area (TPSA) is 113 Å². The first-order chi connectivity index (χ1) is 19.4. The molecule has 1 fully saturated rings. The lowest BCUT2D eigenvalue weighted by atomic mass is 10.1. The van der Waals surface area contributed by atoms with E-state index in [4.69, 9.17) is 15.2 Å². The molecule has 4 rings (SSSR count). The third-order valence-corrected chi connectivity index (χ3v) is 6.80. The monoisotopic (exact) mass is 573 g/mol. The van der Waals surface area contributed by atoms with Crippen LogP contribution in [-0.4, -0.2) is 66.3 Å². The fraction of sp³-hybridized carbons (Fsp3) is 0.345. The first kappa shape index (κ1) is 29.7. The van der Waals surface area contributed by atoms with Crippen LogP contribution in [0.3, 0.4) is 0 Å². The molecule has 1 saturated heterocycles. The molecule has 2 aromatic carbocycles. The molecule has 1 atom stereocenters. The Kier molecular flexibility index (Phi) is 9.01. The highest BCUT2D eigenvalue weighted by Crippen LogP contribution is 2.25. The summed E-state index contributed by atoms with van der Waals surface area (Å²) in [4.78, 5) is 40.7. The van der Waals surface area contributed by atoms with Crippen molar-refractivity contribution in [2.24, 2.45) is 5.73 Å². The zero-order chi connectivity index (χ0) is 29.7. The fourth-order valence-corrected chi connectivity index (χ4v) is 4.78. The van der Waals surface area contributed by atoms with E-state index in [1.165, 1.54) is 34.8 Å². The summed E-state index contributed by atoms with van der Waals surface area (Å²) in [5.74, 6) is -1.49. The number of rotatable bonds is 11. The molecule has 0 bridgehead atoms. The second kappa shape index (κ2) is 12.5. The van der Waals surface area contributed by atoms with Crippen molar-refractivity contribution in [3.63, 3.8) is 0 Å². The van der Waals surface area contributed by atoms with E-state index in [0.29, 0.717) is 29.2 Å². The van der Waals surface area contributed by atoms with E-state index in [-0.39, 0.29) is 37.0 Å². The van der Waals surface area contributed by atoms with Crippen LogP contribution in [-0.2, 0) is 11.3 Å². The maximum absolute atomic E-state index is 13.7. The molecule has 9 nitrogen and oxygen atoms in total. The molecule has 41 heavy (non-hydrogen) atoms. The van der Waals surface area contributed by atoms with E-state index in [9.17, 15) is 27.6 Å². The Morgan fingerprint density at radius 2 is 1.83 bits per heavy atom. The van der Waals surface area contributed by atoms with Gasteiger partial charge in [0.15, 0.2) is 5.78 Å². The van der Waals surface area contributed by atoms with Crippen molar-refractivity contribution < 1.29 is 41.8 Å². The molecule has 0 aliphatic carbocycles. The van der Waals surface area contributed by atoms with Crippen LogP contribution in [0.4, 0.5) is 13.2 Å². The summed E-state index contributed by atoms with van der Waals surface area (Å²) in [6.07, 6.45) is -3.54. The Labute approximate surface area is 234 Å². The average Bonchev–Trinajstić information content (AvgIpc) is 3.55. The van der Waals surface area contributed by atoms with Gasteiger partial charge in [-0.15, -0.1) is 13.2 Å². The van der Waals surface area contributed by atoms with Crippen molar-refractivity contribution in [3.05, 3.63) is 82.7 Å². The van der Waals surface area contributed by atoms with Gasteiger partial charge >= 0.3 is 6.36 Å². The van der Waals surface area contributed by atoms with Gasteiger partial charge in [0, 0.05) is 31.0 Å². The molecule has 2 heterocycles. The normalized spacial score (nSPS) is 15.0. The van der Waals surface area contributed by atoms with Gasteiger partial charge in [-0.25, -0.2) is 0 Å². The Balaban J connectivity index is 1.64. The summed E-state index contributed by atoms with van der Waals surface area (Å²) in [6.45, 7) is 1.94. The molecule has 3 aromatic rings. The van der Waals surface area contributed by atoms with Crippen molar-refractivity contribution in [2.75, 3.05) is 26.8 Å². The highest BCUT2D eigenvalue weighted by molar-refractivity contribution is 6.04. The molecule has 1 aliphatic heterocycles. The van der Waals surface area contributed by atoms with Crippen molar-refractivity contribution in [1.29, 1.82) is 0 Å². The lowest BCUT2D eigenvalue weighted by molar-refractivity contribution is -0.274. The van der Waals surface area contributed by atoms with Gasteiger partial charge in [0.05, 0.1) is 31.0 Å². The number of nitrogens with zero attached hydrogens (tertiary/aromatic N) is 2. The molecule has 1 unspecified atom stereocenters. The van der Waals surface area contributed by atoms with Gasteiger partial charge in [0.1, 0.15) is 11.5 Å². The van der Waals surface area contributed by atoms with Gasteiger partial charge in [0.2, 0.25) is 0 Å². The maximum atomic E-state index is 13.7.